The predicted molar refractivity (Wildman–Crippen MR) is 72.6 cm³/mol. The maximum absolute atomic E-state index is 11.2. The van der Waals surface area contributed by atoms with Crippen molar-refractivity contribution in [3.05, 3.63) is 0 Å². The minimum Gasteiger partial charge on any atom is -0.393 e. The van der Waals surface area contributed by atoms with Gasteiger partial charge in [-0.25, -0.2) is 4.79 Å². The fourth-order valence-electron chi connectivity index (χ4n) is 1.21. The molecule has 0 unspecified atom stereocenters. The predicted octanol–water partition coefficient (Wildman–Crippen LogP) is 1.84. The Morgan fingerprint density at radius 3 is 2.53 bits per heavy atom. The molecule has 0 saturated carbocycles. The van der Waals surface area contributed by atoms with Gasteiger partial charge in [0.05, 0.1) is 0 Å². The van der Waals surface area contributed by atoms with Crippen molar-refractivity contribution in [2.75, 3.05) is 19.8 Å². The topological polar surface area (TPSA) is 64.6 Å². The molecule has 0 spiro atoms. The number of carbonyl (C=O) groups excluding carboxylic acids is 2. The van der Waals surface area contributed by atoms with Gasteiger partial charge in [-0.05, 0) is 12.3 Å². The molecule has 17 heavy (non-hydrogen) atoms. The lowest BCUT2D eigenvalue weighted by atomic mass is 10.1. The van der Waals surface area contributed by atoms with E-state index < -0.39 is 5.97 Å². The van der Waals surface area contributed by atoms with Crippen LogP contribution in [-0.2, 0) is 17.4 Å². The van der Waals surface area contributed by atoms with Crippen LogP contribution in [-0.4, -0.2) is 31.6 Å². The first-order chi connectivity index (χ1) is 8.06. The quantitative estimate of drug-likeness (QED) is 0.505. The van der Waals surface area contributed by atoms with Crippen molar-refractivity contribution in [3.63, 3.8) is 0 Å². The van der Waals surface area contributed by atoms with Crippen molar-refractivity contribution in [1.29, 1.82) is 0 Å². The molecule has 0 aliphatic carbocycles. The summed E-state index contributed by atoms with van der Waals surface area (Å²) in [4.78, 5) is 21.9. The Kier molecular flexibility index (Phi) is 10.5. The maximum Gasteiger partial charge on any atom is 0.341 e. The number of unbranched alkanes of at least 4 members (excludes halogenated alkanes) is 1. The van der Waals surface area contributed by atoms with Gasteiger partial charge < -0.3 is 13.1 Å². The second kappa shape index (κ2) is 10.8. The molecular formula is C11H20INO4. The molecule has 0 radical (unpaired) electrons. The summed E-state index contributed by atoms with van der Waals surface area (Å²) in [5.41, 5.74) is 0. The van der Waals surface area contributed by atoms with Gasteiger partial charge in [0, 0.05) is 6.54 Å². The highest BCUT2D eigenvalue weighted by Gasteiger charge is 2.04. The largest absolute Gasteiger partial charge is 0.393 e. The third-order valence-electron chi connectivity index (χ3n) is 2.07. The van der Waals surface area contributed by atoms with Gasteiger partial charge in [-0.2, -0.15) is 0 Å². The fraction of sp³-hybridized carbons (Fsp3) is 0.818. The van der Waals surface area contributed by atoms with Crippen LogP contribution in [0.1, 0.15) is 33.1 Å². The van der Waals surface area contributed by atoms with Gasteiger partial charge in [0.25, 0.3) is 0 Å². The van der Waals surface area contributed by atoms with Gasteiger partial charge in [0.15, 0.2) is 23.0 Å². The molecule has 0 bridgehead atoms. The molecule has 0 aliphatic rings. The zero-order chi connectivity index (χ0) is 13.1. The normalized spacial score (nSPS) is 10.4. The van der Waals surface area contributed by atoms with Crippen molar-refractivity contribution in [3.8, 4) is 0 Å². The van der Waals surface area contributed by atoms with Crippen LogP contribution in [0.3, 0.4) is 0 Å². The minimum atomic E-state index is -0.490. The molecule has 100 valence electrons. The molecule has 0 aliphatic heterocycles. The zero-order valence-corrected chi connectivity index (χ0v) is 12.5. The Morgan fingerprint density at radius 1 is 1.24 bits per heavy atom. The van der Waals surface area contributed by atoms with Crippen LogP contribution in [0.5, 0.6) is 0 Å². The number of carbonyl (C=O) groups is 2. The Morgan fingerprint density at radius 2 is 1.94 bits per heavy atom. The van der Waals surface area contributed by atoms with Crippen molar-refractivity contribution in [1.82, 2.24) is 5.32 Å². The lowest BCUT2D eigenvalue weighted by Gasteiger charge is -2.06. The maximum atomic E-state index is 11.2. The molecule has 0 aromatic rings. The molecule has 0 fully saturated rings. The summed E-state index contributed by atoms with van der Waals surface area (Å²) < 4.78 is 9.19. The lowest BCUT2D eigenvalue weighted by molar-refractivity contribution is -0.138. The van der Waals surface area contributed by atoms with E-state index in [1.807, 2.05) is 0 Å². The molecule has 0 saturated heterocycles. The SMILES string of the molecule is CC(C)CCCCNC(=O)COCC(=O)OI. The van der Waals surface area contributed by atoms with Crippen molar-refractivity contribution in [2.45, 2.75) is 33.1 Å². The third kappa shape index (κ3) is 11.9. The van der Waals surface area contributed by atoms with E-state index in [1.54, 1.807) is 0 Å². The lowest BCUT2D eigenvalue weighted by Crippen LogP contribution is -2.29. The molecule has 0 atom stereocenters. The number of amides is 1. The smallest absolute Gasteiger partial charge is 0.341 e. The Bertz CT molecular complexity index is 234. The second-order valence-electron chi connectivity index (χ2n) is 4.18. The molecule has 5 nitrogen and oxygen atoms in total. The molecule has 6 heteroatoms. The molecule has 1 N–H and O–H groups in total. The van der Waals surface area contributed by atoms with Crippen LogP contribution in [0, 0.1) is 5.92 Å². The highest BCUT2D eigenvalue weighted by molar-refractivity contribution is 14.1. The zero-order valence-electron chi connectivity index (χ0n) is 10.3. The fourth-order valence-corrected chi connectivity index (χ4v) is 1.33. The number of ether oxygens (including phenoxy) is 1. The number of halogens is 1. The first-order valence-corrected chi connectivity index (χ1v) is 6.60. The van der Waals surface area contributed by atoms with Crippen LogP contribution in [0.4, 0.5) is 0 Å². The summed E-state index contributed by atoms with van der Waals surface area (Å²) >= 11 is 1.48. The Hall–Kier alpha value is -0.370. The van der Waals surface area contributed by atoms with Crippen LogP contribution < -0.4 is 5.32 Å². The standard InChI is InChI=1S/C11H20INO4/c1-9(2)5-3-4-6-13-10(14)7-16-8-11(15)17-12/h9H,3-8H2,1-2H3,(H,13,14). The average molecular weight is 357 g/mol. The Balaban J connectivity index is 3.32. The van der Waals surface area contributed by atoms with Gasteiger partial charge in [0.1, 0.15) is 13.2 Å². The molecule has 1 amide bonds. The van der Waals surface area contributed by atoms with Gasteiger partial charge in [-0.15, -0.1) is 0 Å². The number of nitrogens with one attached hydrogen (secondary N) is 1. The number of rotatable bonds is 9. The van der Waals surface area contributed by atoms with E-state index in [0.29, 0.717) is 12.5 Å². The Labute approximate surface area is 116 Å². The van der Waals surface area contributed by atoms with E-state index in [4.69, 9.17) is 4.74 Å². The van der Waals surface area contributed by atoms with Crippen LogP contribution in [0.15, 0.2) is 0 Å². The van der Waals surface area contributed by atoms with Crippen molar-refractivity contribution >= 4 is 34.9 Å². The minimum absolute atomic E-state index is 0.101. The average Bonchev–Trinajstić information content (AvgIpc) is 2.27. The summed E-state index contributed by atoms with van der Waals surface area (Å²) in [5, 5.41) is 2.73. The first-order valence-electron chi connectivity index (χ1n) is 5.72. The van der Waals surface area contributed by atoms with Gasteiger partial charge in [-0.3, -0.25) is 4.79 Å². The summed E-state index contributed by atoms with van der Waals surface area (Å²) in [7, 11) is 0. The summed E-state index contributed by atoms with van der Waals surface area (Å²) in [6.07, 6.45) is 3.26. The van der Waals surface area contributed by atoms with Crippen molar-refractivity contribution < 1.29 is 17.4 Å². The van der Waals surface area contributed by atoms with E-state index in [0.717, 1.165) is 12.8 Å². The van der Waals surface area contributed by atoms with Crippen LogP contribution in [0.2, 0.25) is 0 Å². The third-order valence-corrected chi connectivity index (χ3v) is 2.56. The summed E-state index contributed by atoms with van der Waals surface area (Å²) in [5.74, 6) is 0.0134. The van der Waals surface area contributed by atoms with Gasteiger partial charge in [0.2, 0.25) is 5.91 Å². The van der Waals surface area contributed by atoms with E-state index in [9.17, 15) is 9.59 Å². The first kappa shape index (κ1) is 16.6. The highest BCUT2D eigenvalue weighted by Crippen LogP contribution is 2.04. The number of hydrogen-bond acceptors (Lipinski definition) is 4. The summed E-state index contributed by atoms with van der Waals surface area (Å²) in [6.45, 7) is 4.72. The molecule has 0 aromatic carbocycles. The van der Waals surface area contributed by atoms with Crippen molar-refractivity contribution in [2.24, 2.45) is 5.92 Å². The van der Waals surface area contributed by atoms with Crippen LogP contribution >= 0.6 is 23.0 Å². The van der Waals surface area contributed by atoms with E-state index in [2.05, 4.69) is 22.2 Å². The highest BCUT2D eigenvalue weighted by atomic mass is 127. The number of hydrogen-bond donors (Lipinski definition) is 1. The molecule has 0 rings (SSSR count). The molecular weight excluding hydrogens is 337 g/mol. The molecule has 0 heterocycles. The van der Waals surface area contributed by atoms with E-state index in [-0.39, 0.29) is 19.1 Å². The van der Waals surface area contributed by atoms with Gasteiger partial charge in [-0.1, -0.05) is 26.7 Å². The monoisotopic (exact) mass is 357 g/mol. The summed E-state index contributed by atoms with van der Waals surface area (Å²) in [6, 6.07) is 0. The second-order valence-corrected chi connectivity index (χ2v) is 4.62. The van der Waals surface area contributed by atoms with Crippen LogP contribution in [0.25, 0.3) is 0 Å². The van der Waals surface area contributed by atoms with E-state index in [1.165, 1.54) is 29.4 Å². The van der Waals surface area contributed by atoms with Gasteiger partial charge >= 0.3 is 5.97 Å². The van der Waals surface area contributed by atoms with E-state index >= 15 is 0 Å². The molecule has 0 aromatic heterocycles.